The van der Waals surface area contributed by atoms with Gasteiger partial charge < -0.3 is 4.98 Å². The molecule has 0 spiro atoms. The zero-order valence-electron chi connectivity index (χ0n) is 14.6. The molecule has 3 aromatic heterocycles. The molecule has 0 aliphatic carbocycles. The van der Waals surface area contributed by atoms with E-state index in [9.17, 15) is 9.59 Å². The minimum Gasteiger partial charge on any atom is -0.336 e. The Morgan fingerprint density at radius 1 is 1.07 bits per heavy atom. The summed E-state index contributed by atoms with van der Waals surface area (Å²) >= 11 is 12.2. The van der Waals surface area contributed by atoms with Crippen LogP contribution in [0.4, 0.5) is 0 Å². The number of fused-ring (bicyclic) bond motifs is 1. The van der Waals surface area contributed by atoms with E-state index in [1.165, 1.54) is 0 Å². The van der Waals surface area contributed by atoms with Gasteiger partial charge in [-0.3, -0.25) is 19.4 Å². The predicted molar refractivity (Wildman–Crippen MR) is 107 cm³/mol. The third-order valence-electron chi connectivity index (χ3n) is 4.34. The lowest BCUT2D eigenvalue weighted by Crippen LogP contribution is -2.21. The van der Waals surface area contributed by atoms with Crippen molar-refractivity contribution >= 4 is 34.4 Å². The minimum atomic E-state index is -0.567. The molecule has 8 nitrogen and oxygen atoms in total. The Bertz CT molecular complexity index is 1250. The van der Waals surface area contributed by atoms with E-state index in [1.807, 2.05) is 23.1 Å². The van der Waals surface area contributed by atoms with Crippen LogP contribution in [0.3, 0.4) is 0 Å². The second-order valence-corrected chi connectivity index (χ2v) is 7.29. The fraction of sp³-hybridized carbons (Fsp3) is 0.222. The number of imidazole rings is 1. The minimum absolute atomic E-state index is 0.273. The van der Waals surface area contributed by atoms with Crippen molar-refractivity contribution in [3.8, 4) is 0 Å². The Kier molecular flexibility index (Phi) is 5.06. The van der Waals surface area contributed by atoms with E-state index < -0.39 is 11.2 Å². The topological polar surface area (TPSA) is 112 Å². The summed E-state index contributed by atoms with van der Waals surface area (Å²) in [6, 6.07) is 5.36. The third-order valence-corrected chi connectivity index (χ3v) is 4.95. The molecule has 10 heteroatoms. The van der Waals surface area contributed by atoms with Crippen LogP contribution in [0.1, 0.15) is 23.4 Å². The summed E-state index contributed by atoms with van der Waals surface area (Å²) in [5.74, 6) is 0.653. The molecule has 0 radical (unpaired) electrons. The van der Waals surface area contributed by atoms with Crippen LogP contribution >= 0.6 is 23.2 Å². The van der Waals surface area contributed by atoms with Gasteiger partial charge in [-0.2, -0.15) is 5.10 Å². The smallest absolute Gasteiger partial charge is 0.327 e. The summed E-state index contributed by atoms with van der Waals surface area (Å²) in [4.78, 5) is 34.9. The number of hydrogen-bond donors (Lipinski definition) is 3. The van der Waals surface area contributed by atoms with Gasteiger partial charge in [0.2, 0.25) is 0 Å². The maximum Gasteiger partial charge on any atom is 0.327 e. The van der Waals surface area contributed by atoms with Crippen LogP contribution in [0.15, 0.2) is 40.2 Å². The molecule has 28 heavy (non-hydrogen) atoms. The first-order chi connectivity index (χ1) is 13.5. The first kappa shape index (κ1) is 18.5. The van der Waals surface area contributed by atoms with Gasteiger partial charge in [0, 0.05) is 22.7 Å². The standard InChI is InChI=1S/C18H16Cl2N6O2/c19-12-4-5-13(20)11(6-12)9-26-8-10(7-21-26)2-1-3-14-22-15-16(23-14)24-18(28)25-17(15)27/h4-8H,1-3,9H2,(H3,22,23,24,25,27,28). The number of nitrogens with zero attached hydrogens (tertiary/aromatic N) is 3. The molecule has 144 valence electrons. The zero-order valence-corrected chi connectivity index (χ0v) is 16.1. The van der Waals surface area contributed by atoms with Crippen molar-refractivity contribution in [1.29, 1.82) is 0 Å². The Balaban J connectivity index is 1.38. The number of nitrogens with one attached hydrogen (secondary N) is 3. The number of H-pyrrole nitrogens is 3. The summed E-state index contributed by atoms with van der Waals surface area (Å²) in [6.45, 7) is 0.541. The average molecular weight is 419 g/mol. The van der Waals surface area contributed by atoms with E-state index in [0.717, 1.165) is 24.0 Å². The number of aromatic nitrogens is 6. The van der Waals surface area contributed by atoms with E-state index in [1.54, 1.807) is 12.1 Å². The fourth-order valence-corrected chi connectivity index (χ4v) is 3.39. The number of rotatable bonds is 6. The van der Waals surface area contributed by atoms with Crippen molar-refractivity contribution in [3.63, 3.8) is 0 Å². The molecule has 0 atom stereocenters. The van der Waals surface area contributed by atoms with E-state index >= 15 is 0 Å². The predicted octanol–water partition coefficient (Wildman–Crippen LogP) is 2.67. The lowest BCUT2D eigenvalue weighted by atomic mass is 10.1. The molecule has 0 aliphatic heterocycles. The largest absolute Gasteiger partial charge is 0.336 e. The Morgan fingerprint density at radius 3 is 2.79 bits per heavy atom. The van der Waals surface area contributed by atoms with E-state index in [-0.39, 0.29) is 11.2 Å². The Morgan fingerprint density at radius 2 is 1.93 bits per heavy atom. The van der Waals surface area contributed by atoms with E-state index in [4.69, 9.17) is 23.2 Å². The monoisotopic (exact) mass is 418 g/mol. The highest BCUT2D eigenvalue weighted by atomic mass is 35.5. The molecule has 1 aromatic carbocycles. The Labute approximate surface area is 168 Å². The van der Waals surface area contributed by atoms with Crippen LogP contribution in [-0.4, -0.2) is 29.7 Å². The molecule has 0 bridgehead atoms. The van der Waals surface area contributed by atoms with E-state index in [0.29, 0.717) is 28.8 Å². The summed E-state index contributed by atoms with van der Waals surface area (Å²) in [7, 11) is 0. The summed E-state index contributed by atoms with van der Waals surface area (Å²) in [6.07, 6.45) is 6.04. The number of benzene rings is 1. The lowest BCUT2D eigenvalue weighted by molar-refractivity contribution is 0.685. The maximum atomic E-state index is 11.7. The van der Waals surface area contributed by atoms with Gasteiger partial charge >= 0.3 is 5.69 Å². The van der Waals surface area contributed by atoms with Crippen molar-refractivity contribution in [1.82, 2.24) is 29.7 Å². The number of halogens is 2. The normalized spacial score (nSPS) is 11.4. The van der Waals surface area contributed by atoms with Crippen LogP contribution in [0.2, 0.25) is 10.0 Å². The quantitative estimate of drug-likeness (QED) is 0.446. The van der Waals surface area contributed by atoms with Crippen LogP contribution < -0.4 is 11.2 Å². The molecular formula is C18H16Cl2N6O2. The molecule has 3 heterocycles. The molecule has 0 amide bonds. The molecule has 0 saturated heterocycles. The summed E-state index contributed by atoms with van der Waals surface area (Å²) in [5.41, 5.74) is 1.50. The van der Waals surface area contributed by atoms with Crippen molar-refractivity contribution in [2.24, 2.45) is 0 Å². The molecule has 0 aliphatic rings. The molecule has 4 rings (SSSR count). The van der Waals surface area contributed by atoms with Gasteiger partial charge in [-0.15, -0.1) is 0 Å². The number of aromatic amines is 3. The molecule has 3 N–H and O–H groups in total. The van der Waals surface area contributed by atoms with Gasteiger partial charge in [-0.1, -0.05) is 23.2 Å². The number of aryl methyl sites for hydroxylation is 2. The van der Waals surface area contributed by atoms with Gasteiger partial charge in [0.05, 0.1) is 12.7 Å². The average Bonchev–Trinajstić information content (AvgIpc) is 3.25. The second-order valence-electron chi connectivity index (χ2n) is 6.45. The van der Waals surface area contributed by atoms with E-state index in [2.05, 4.69) is 25.0 Å². The first-order valence-corrected chi connectivity index (χ1v) is 9.40. The molecular weight excluding hydrogens is 403 g/mol. The highest BCUT2D eigenvalue weighted by molar-refractivity contribution is 6.33. The van der Waals surface area contributed by atoms with Crippen LogP contribution in [0.5, 0.6) is 0 Å². The SMILES string of the molecule is O=c1[nH]c(=O)c2[nH]c(CCCc3cnn(Cc4cc(Cl)ccc4Cl)c3)nc2[nH]1. The van der Waals surface area contributed by atoms with Crippen LogP contribution in [-0.2, 0) is 19.4 Å². The molecule has 0 fully saturated rings. The van der Waals surface area contributed by atoms with Crippen molar-refractivity contribution < 1.29 is 0 Å². The van der Waals surface area contributed by atoms with Gasteiger partial charge in [0.25, 0.3) is 5.56 Å². The van der Waals surface area contributed by atoms with Gasteiger partial charge in [-0.05, 0) is 42.2 Å². The summed E-state index contributed by atoms with van der Waals surface area (Å²) in [5, 5.41) is 5.66. The third kappa shape index (κ3) is 4.02. The van der Waals surface area contributed by atoms with Crippen molar-refractivity contribution in [2.75, 3.05) is 0 Å². The summed E-state index contributed by atoms with van der Waals surface area (Å²) < 4.78 is 1.82. The van der Waals surface area contributed by atoms with Gasteiger partial charge in [-0.25, -0.2) is 9.78 Å². The highest BCUT2D eigenvalue weighted by Crippen LogP contribution is 2.21. The lowest BCUT2D eigenvalue weighted by Gasteiger charge is -2.05. The van der Waals surface area contributed by atoms with Gasteiger partial charge in [0.15, 0.2) is 5.65 Å². The van der Waals surface area contributed by atoms with Crippen LogP contribution in [0, 0.1) is 0 Å². The van der Waals surface area contributed by atoms with Crippen molar-refractivity contribution in [2.45, 2.75) is 25.8 Å². The second kappa shape index (κ2) is 7.65. The molecule has 4 aromatic rings. The molecule has 0 saturated carbocycles. The number of hydrogen-bond acceptors (Lipinski definition) is 4. The van der Waals surface area contributed by atoms with Gasteiger partial charge in [0.1, 0.15) is 11.3 Å². The first-order valence-electron chi connectivity index (χ1n) is 8.64. The highest BCUT2D eigenvalue weighted by Gasteiger charge is 2.08. The zero-order chi connectivity index (χ0) is 19.7. The maximum absolute atomic E-state index is 11.7. The Hall–Kier alpha value is -2.84. The fourth-order valence-electron chi connectivity index (χ4n) is 3.02. The van der Waals surface area contributed by atoms with Crippen molar-refractivity contribution in [3.05, 3.63) is 78.4 Å². The molecule has 0 unspecified atom stereocenters. The van der Waals surface area contributed by atoms with Crippen LogP contribution in [0.25, 0.3) is 11.2 Å².